The summed E-state index contributed by atoms with van der Waals surface area (Å²) in [6, 6.07) is 107. The lowest BCUT2D eigenvalue weighted by Crippen LogP contribution is -2.06. The van der Waals surface area contributed by atoms with Crippen molar-refractivity contribution in [3.63, 3.8) is 0 Å². The first-order chi connectivity index (χ1) is 56.8. The number of hydrogen-bond donors (Lipinski definition) is 0. The van der Waals surface area contributed by atoms with Gasteiger partial charge in [0, 0.05) is 56.7 Å². The lowest BCUT2D eigenvalue weighted by molar-refractivity contribution is 0.826. The summed E-state index contributed by atoms with van der Waals surface area (Å²) in [5, 5.41) is 5.61. The first-order valence-corrected chi connectivity index (χ1v) is 43.1. The Kier molecular flexibility index (Phi) is 18.1. The molecule has 0 amide bonds. The molecule has 0 fully saturated rings. The Morgan fingerprint density at radius 2 is 0.591 bits per heavy atom. The molecule has 2 aromatic heterocycles. The van der Waals surface area contributed by atoms with Crippen LogP contribution in [0.25, 0.3) is 133 Å². The predicted octanol–water partition coefficient (Wildman–Crippen LogP) is 27.9. The van der Waals surface area contributed by atoms with E-state index < -0.39 is 0 Å². The van der Waals surface area contributed by atoms with E-state index in [1.165, 1.54) is 271 Å². The van der Waals surface area contributed by atoms with Gasteiger partial charge in [0.2, 0.25) is 0 Å². The molecule has 8 aliphatic rings. The number of hydrogen-bond acceptors (Lipinski definition) is 0. The number of para-hydroxylation sites is 2. The van der Waals surface area contributed by atoms with Crippen molar-refractivity contribution in [3.8, 4) is 89.0 Å². The second kappa shape index (κ2) is 29.4. The Morgan fingerprint density at radius 3 is 1.23 bits per heavy atom. The average Bonchev–Trinajstić information content (AvgIpc) is 1.61. The molecule has 0 saturated heterocycles. The molecule has 0 N–H and O–H groups in total. The normalized spacial score (nSPS) is 13.7. The monoisotopic (exact) mass is 1480 g/mol. The minimum Gasteiger partial charge on any atom is -0.341 e. The number of aromatic nitrogens is 2. The smallest absolute Gasteiger partial charge is 0.0497 e. The minimum absolute atomic E-state index is 1.00. The van der Waals surface area contributed by atoms with Gasteiger partial charge in [0.1, 0.15) is 0 Å². The molecule has 560 valence electrons. The molecule has 0 aliphatic heterocycles. The van der Waals surface area contributed by atoms with Crippen LogP contribution in [0.4, 0.5) is 0 Å². The second-order valence-electron chi connectivity index (χ2n) is 33.3. The van der Waals surface area contributed by atoms with Gasteiger partial charge >= 0.3 is 0 Å². The molecule has 2 nitrogen and oxygen atoms in total. The lowest BCUT2D eigenvalue weighted by Gasteiger charge is -2.24. The van der Waals surface area contributed by atoms with Gasteiger partial charge in [0.05, 0.1) is 0 Å². The summed E-state index contributed by atoms with van der Waals surface area (Å²) >= 11 is 0. The van der Waals surface area contributed by atoms with Crippen LogP contribution in [0.15, 0.2) is 285 Å². The molecule has 0 spiro atoms. The zero-order chi connectivity index (χ0) is 76.9. The third-order valence-corrected chi connectivity index (χ3v) is 27.3. The SMILES string of the molecule is CCc1ccc2c(c1)CCc1cc3c(cc1-2)Cc1ccccc1-3.CCc1ccc2c(c1)CCc1ccc3c(c1-2)-c1ccccc1C3.CCc1cccc2c1Cc1ccc3c(c1-2)-c1ccccc1CC3.CCn1c2ccccc2c2c3c(ccc21)CCc1ccccc1-3.CCn1c2ccccc2c2cc3c(cc21)-c1ccccc1CC3. The summed E-state index contributed by atoms with van der Waals surface area (Å²) < 4.78 is 4.89. The Bertz CT molecular complexity index is 6780. The van der Waals surface area contributed by atoms with Crippen molar-refractivity contribution in [3.05, 3.63) is 391 Å². The fourth-order valence-electron chi connectivity index (χ4n) is 21.7. The largest absolute Gasteiger partial charge is 0.341 e. The predicted molar refractivity (Wildman–Crippen MR) is 487 cm³/mol. The summed E-state index contributed by atoms with van der Waals surface area (Å²) in [6.07, 6.45) is 18.3. The quantitative estimate of drug-likeness (QED) is 0.163. The topological polar surface area (TPSA) is 9.86 Å². The van der Waals surface area contributed by atoms with E-state index in [2.05, 4.69) is 329 Å². The molecular formula is C113H98N2. The van der Waals surface area contributed by atoms with Gasteiger partial charge < -0.3 is 9.13 Å². The van der Waals surface area contributed by atoms with E-state index in [0.29, 0.717) is 0 Å². The summed E-state index contributed by atoms with van der Waals surface area (Å²) in [5.41, 5.74) is 57.5. The number of aryl methyl sites for hydroxylation is 15. The third kappa shape index (κ3) is 12.0. The van der Waals surface area contributed by atoms with Gasteiger partial charge in [-0.1, -0.05) is 269 Å². The fourth-order valence-corrected chi connectivity index (χ4v) is 21.7. The van der Waals surface area contributed by atoms with Crippen LogP contribution in [0.2, 0.25) is 0 Å². The van der Waals surface area contributed by atoms with E-state index in [4.69, 9.17) is 0 Å². The molecule has 25 rings (SSSR count). The standard InChI is InChI=1S/3C23H20.2C22H19N/c1-2-15-7-5-9-20-21(15)14-18-13-12-17-11-10-16-6-3-4-8-19(16)22(17)23(18)20;1-2-15-7-12-21-18(13-15)10-8-16-9-11-19-14-17-5-3-4-6-20(17)23(19)22(16)21;1-2-15-7-10-21-17(11-15)8-9-18-13-23-19(14-22(18)21)12-16-5-3-4-6-20(16)23;1-2-23-21-10-6-5-9-18(21)20-13-16-12-11-15-7-3-4-8-17(15)19(16)14-22(20)23;1-2-23-19-10-6-5-9-18(19)22-20(23)14-13-16-12-11-15-7-3-4-8-17(15)21(16)22/h3-9,12-13H,2,10-11,14H2,1H3;3-7,9,11-13H,2,8,10,14H2,1H3;3-7,10-11,13-14H,2,8-9,12H2,1H3;2*3-10,13-14H,2,11-12H2,1H3. The van der Waals surface area contributed by atoms with Crippen molar-refractivity contribution in [2.24, 2.45) is 0 Å². The van der Waals surface area contributed by atoms with Gasteiger partial charge in [-0.05, 0) is 348 Å². The van der Waals surface area contributed by atoms with Crippen LogP contribution in [-0.2, 0) is 116 Å². The molecule has 0 radical (unpaired) electrons. The van der Waals surface area contributed by atoms with Gasteiger partial charge in [-0.2, -0.15) is 0 Å². The number of rotatable bonds is 5. The highest BCUT2D eigenvalue weighted by Crippen LogP contribution is 2.52. The van der Waals surface area contributed by atoms with E-state index >= 15 is 0 Å². The Balaban J connectivity index is 0.0000000900. The summed E-state index contributed by atoms with van der Waals surface area (Å²) in [5.74, 6) is 0. The minimum atomic E-state index is 1.00. The highest BCUT2D eigenvalue weighted by Gasteiger charge is 2.32. The molecule has 8 aliphatic carbocycles. The zero-order valence-electron chi connectivity index (χ0n) is 67.3. The summed E-state index contributed by atoms with van der Waals surface area (Å²) in [6.45, 7) is 13.2. The molecule has 2 heteroatoms. The van der Waals surface area contributed by atoms with E-state index in [1.54, 1.807) is 5.56 Å². The van der Waals surface area contributed by atoms with Crippen molar-refractivity contribution in [1.82, 2.24) is 9.13 Å². The van der Waals surface area contributed by atoms with Crippen molar-refractivity contribution >= 4 is 43.6 Å². The van der Waals surface area contributed by atoms with E-state index in [-0.39, 0.29) is 0 Å². The first-order valence-electron chi connectivity index (χ1n) is 43.1. The zero-order valence-corrected chi connectivity index (χ0v) is 67.3. The third-order valence-electron chi connectivity index (χ3n) is 27.3. The van der Waals surface area contributed by atoms with Crippen LogP contribution in [0.3, 0.4) is 0 Å². The molecule has 0 saturated carbocycles. The lowest BCUT2D eigenvalue weighted by atomic mass is 9.80. The van der Waals surface area contributed by atoms with Crippen LogP contribution in [0.5, 0.6) is 0 Å². The molecule has 115 heavy (non-hydrogen) atoms. The van der Waals surface area contributed by atoms with Crippen LogP contribution in [-0.4, -0.2) is 9.13 Å². The molecule has 0 unspecified atom stereocenters. The van der Waals surface area contributed by atoms with Crippen LogP contribution in [0, 0.1) is 0 Å². The van der Waals surface area contributed by atoms with Crippen molar-refractivity contribution < 1.29 is 0 Å². The Hall–Kier alpha value is -12.1. The Labute approximate surface area is 678 Å². The molecule has 2 heterocycles. The molecule has 15 aromatic carbocycles. The van der Waals surface area contributed by atoms with Crippen LogP contribution >= 0.6 is 0 Å². The highest BCUT2D eigenvalue weighted by atomic mass is 15.0. The second-order valence-corrected chi connectivity index (χ2v) is 33.3. The van der Waals surface area contributed by atoms with Gasteiger partial charge in [0.25, 0.3) is 0 Å². The van der Waals surface area contributed by atoms with Crippen molar-refractivity contribution in [2.45, 2.75) is 150 Å². The van der Waals surface area contributed by atoms with Gasteiger partial charge in [0.15, 0.2) is 0 Å². The summed E-state index contributed by atoms with van der Waals surface area (Å²) in [7, 11) is 0. The molecule has 0 bridgehead atoms. The maximum atomic E-state index is 2.47. The number of nitrogens with zero attached hydrogens (tertiary/aromatic N) is 2. The van der Waals surface area contributed by atoms with Gasteiger partial charge in [-0.25, -0.2) is 0 Å². The maximum absolute atomic E-state index is 2.47. The first kappa shape index (κ1) is 70.7. The van der Waals surface area contributed by atoms with Gasteiger partial charge in [-0.3, -0.25) is 0 Å². The van der Waals surface area contributed by atoms with Crippen molar-refractivity contribution in [2.75, 3.05) is 0 Å². The number of benzene rings is 15. The van der Waals surface area contributed by atoms with Crippen LogP contribution in [0.1, 0.15) is 140 Å². The average molecular weight is 1480 g/mol. The molecule has 17 aromatic rings. The molecular weight excluding hydrogens is 1390 g/mol. The van der Waals surface area contributed by atoms with Crippen LogP contribution < -0.4 is 0 Å². The molecule has 0 atom stereocenters. The highest BCUT2D eigenvalue weighted by molar-refractivity contribution is 6.16. The van der Waals surface area contributed by atoms with Crippen molar-refractivity contribution in [1.29, 1.82) is 0 Å². The van der Waals surface area contributed by atoms with E-state index in [9.17, 15) is 0 Å². The number of fused-ring (bicyclic) bond motifs is 33. The van der Waals surface area contributed by atoms with E-state index in [0.717, 1.165) is 77.3 Å². The van der Waals surface area contributed by atoms with E-state index in [1.807, 2.05) is 0 Å². The summed E-state index contributed by atoms with van der Waals surface area (Å²) in [4.78, 5) is 0. The Morgan fingerprint density at radius 1 is 0.209 bits per heavy atom. The van der Waals surface area contributed by atoms with Gasteiger partial charge in [-0.15, -0.1) is 0 Å². The fraction of sp³-hybridized carbons (Fsp3) is 0.204. The maximum Gasteiger partial charge on any atom is 0.0497 e.